The van der Waals surface area contributed by atoms with Crippen LogP contribution in [0.2, 0.25) is 0 Å². The Bertz CT molecular complexity index is 1140. The van der Waals surface area contributed by atoms with Gasteiger partial charge in [-0.2, -0.15) is 0 Å². The van der Waals surface area contributed by atoms with E-state index in [2.05, 4.69) is 35.3 Å². The Labute approximate surface area is 167 Å². The van der Waals surface area contributed by atoms with Gasteiger partial charge in [-0.05, 0) is 36.8 Å². The standard InChI is InChI=1S/C15H11N.C9H8O4/c1-2-6-12(7-3-1)15-11-10-13-8-4-5-9-14(13)16-15;1-5-6(8(10)11)3-2-4-7(5)9(12)13/h1-11H;2-4H,1H3,(H,10,11)(H,12,13). The second-order valence-electron chi connectivity index (χ2n) is 6.34. The Hall–Kier alpha value is -3.99. The molecule has 4 aromatic rings. The van der Waals surface area contributed by atoms with Crippen LogP contribution in [0.1, 0.15) is 26.3 Å². The van der Waals surface area contributed by atoms with Gasteiger partial charge >= 0.3 is 11.9 Å². The van der Waals surface area contributed by atoms with Crippen molar-refractivity contribution in [2.24, 2.45) is 0 Å². The van der Waals surface area contributed by atoms with Crippen molar-refractivity contribution in [3.05, 3.63) is 102 Å². The third-order valence-electron chi connectivity index (χ3n) is 4.46. The molecule has 0 aliphatic heterocycles. The first-order valence-electron chi connectivity index (χ1n) is 8.95. The quantitative estimate of drug-likeness (QED) is 0.500. The van der Waals surface area contributed by atoms with Crippen molar-refractivity contribution in [2.45, 2.75) is 6.92 Å². The van der Waals surface area contributed by atoms with Crippen LogP contribution in [-0.4, -0.2) is 27.1 Å². The molecule has 0 amide bonds. The number of carboxylic acids is 2. The lowest BCUT2D eigenvalue weighted by atomic mass is 10.0. The first kappa shape index (κ1) is 19.8. The zero-order chi connectivity index (χ0) is 20.8. The summed E-state index contributed by atoms with van der Waals surface area (Å²) in [6.45, 7) is 1.48. The van der Waals surface area contributed by atoms with E-state index >= 15 is 0 Å². The molecule has 0 bridgehead atoms. The molecule has 0 fully saturated rings. The predicted molar refractivity (Wildman–Crippen MR) is 112 cm³/mol. The molecule has 1 heterocycles. The second kappa shape index (κ2) is 8.80. The number of para-hydroxylation sites is 1. The average molecular weight is 385 g/mol. The lowest BCUT2D eigenvalue weighted by Crippen LogP contribution is -2.06. The van der Waals surface area contributed by atoms with E-state index in [1.807, 2.05) is 36.4 Å². The van der Waals surface area contributed by atoms with Gasteiger partial charge in [-0.15, -0.1) is 0 Å². The maximum absolute atomic E-state index is 10.6. The molecule has 0 radical (unpaired) electrons. The molecule has 0 saturated carbocycles. The first-order valence-corrected chi connectivity index (χ1v) is 8.95. The van der Waals surface area contributed by atoms with Crippen molar-refractivity contribution >= 4 is 22.8 Å². The van der Waals surface area contributed by atoms with Crippen LogP contribution in [0.25, 0.3) is 22.2 Å². The fraction of sp³-hybridized carbons (Fsp3) is 0.0417. The molecule has 5 heteroatoms. The molecule has 3 aromatic carbocycles. The summed E-state index contributed by atoms with van der Waals surface area (Å²) in [4.78, 5) is 25.9. The van der Waals surface area contributed by atoms with Gasteiger partial charge < -0.3 is 10.2 Å². The number of hydrogen-bond donors (Lipinski definition) is 2. The molecule has 0 unspecified atom stereocenters. The van der Waals surface area contributed by atoms with Gasteiger partial charge in [0.15, 0.2) is 0 Å². The fourth-order valence-electron chi connectivity index (χ4n) is 2.93. The van der Waals surface area contributed by atoms with Gasteiger partial charge in [-0.25, -0.2) is 14.6 Å². The second-order valence-corrected chi connectivity index (χ2v) is 6.34. The number of rotatable bonds is 3. The van der Waals surface area contributed by atoms with E-state index < -0.39 is 11.9 Å². The fourth-order valence-corrected chi connectivity index (χ4v) is 2.93. The Morgan fingerprint density at radius 2 is 1.28 bits per heavy atom. The van der Waals surface area contributed by atoms with Crippen molar-refractivity contribution in [1.29, 1.82) is 0 Å². The largest absolute Gasteiger partial charge is 0.478 e. The predicted octanol–water partition coefficient (Wildman–Crippen LogP) is 5.29. The lowest BCUT2D eigenvalue weighted by Gasteiger charge is -2.03. The number of carbonyl (C=O) groups is 2. The highest BCUT2D eigenvalue weighted by Gasteiger charge is 2.13. The Balaban J connectivity index is 0.000000170. The van der Waals surface area contributed by atoms with E-state index in [0.29, 0.717) is 0 Å². The van der Waals surface area contributed by atoms with Crippen LogP contribution in [0.3, 0.4) is 0 Å². The zero-order valence-electron chi connectivity index (χ0n) is 15.7. The van der Waals surface area contributed by atoms with E-state index in [9.17, 15) is 9.59 Å². The van der Waals surface area contributed by atoms with Crippen LogP contribution >= 0.6 is 0 Å². The number of nitrogens with zero attached hydrogens (tertiary/aromatic N) is 1. The van der Waals surface area contributed by atoms with Crippen LogP contribution in [0, 0.1) is 6.92 Å². The molecule has 4 rings (SSSR count). The van der Waals surface area contributed by atoms with Crippen molar-refractivity contribution < 1.29 is 19.8 Å². The summed E-state index contributed by atoms with van der Waals surface area (Å²) in [5.41, 5.74) is 3.57. The van der Waals surface area contributed by atoms with Gasteiger partial charge in [0.25, 0.3) is 0 Å². The topological polar surface area (TPSA) is 87.5 Å². The van der Waals surface area contributed by atoms with Crippen molar-refractivity contribution in [3.63, 3.8) is 0 Å². The molecule has 5 nitrogen and oxygen atoms in total. The molecule has 0 aliphatic rings. The third kappa shape index (κ3) is 4.65. The number of pyridine rings is 1. The molecule has 0 saturated heterocycles. The van der Waals surface area contributed by atoms with Crippen LogP contribution in [0.5, 0.6) is 0 Å². The maximum Gasteiger partial charge on any atom is 0.335 e. The summed E-state index contributed by atoms with van der Waals surface area (Å²) < 4.78 is 0. The van der Waals surface area contributed by atoms with Gasteiger partial charge in [0.2, 0.25) is 0 Å². The summed E-state index contributed by atoms with van der Waals surface area (Å²) in [5, 5.41) is 18.5. The van der Waals surface area contributed by atoms with Crippen molar-refractivity contribution in [3.8, 4) is 11.3 Å². The summed E-state index contributed by atoms with van der Waals surface area (Å²) in [5.74, 6) is -2.22. The van der Waals surface area contributed by atoms with Crippen LogP contribution in [0.15, 0.2) is 84.9 Å². The number of aromatic carboxylic acids is 2. The highest BCUT2D eigenvalue weighted by atomic mass is 16.4. The minimum atomic E-state index is -1.11. The van der Waals surface area contributed by atoms with Gasteiger partial charge in [-0.1, -0.05) is 60.7 Å². The number of fused-ring (bicyclic) bond motifs is 1. The maximum atomic E-state index is 10.6. The molecule has 1 aromatic heterocycles. The highest BCUT2D eigenvalue weighted by Crippen LogP contribution is 2.20. The smallest absolute Gasteiger partial charge is 0.335 e. The molecule has 0 atom stereocenters. The molecule has 0 aliphatic carbocycles. The molecule has 2 N–H and O–H groups in total. The summed E-state index contributed by atoms with van der Waals surface area (Å²) in [6, 6.07) is 26.8. The minimum Gasteiger partial charge on any atom is -0.478 e. The van der Waals surface area contributed by atoms with E-state index in [1.54, 1.807) is 0 Å². The van der Waals surface area contributed by atoms with Crippen molar-refractivity contribution in [1.82, 2.24) is 4.98 Å². The summed E-state index contributed by atoms with van der Waals surface area (Å²) in [6.07, 6.45) is 0. The van der Waals surface area contributed by atoms with Gasteiger partial charge in [0, 0.05) is 10.9 Å². The van der Waals surface area contributed by atoms with E-state index in [0.717, 1.165) is 16.8 Å². The summed E-state index contributed by atoms with van der Waals surface area (Å²) >= 11 is 0. The lowest BCUT2D eigenvalue weighted by molar-refractivity contribution is 0.0696. The number of carboxylic acid groups (broad SMARTS) is 2. The van der Waals surface area contributed by atoms with E-state index in [1.165, 1.54) is 30.5 Å². The van der Waals surface area contributed by atoms with Crippen molar-refractivity contribution in [2.75, 3.05) is 0 Å². The van der Waals surface area contributed by atoms with Crippen LogP contribution in [0.4, 0.5) is 0 Å². The Kier molecular flexibility index (Phi) is 6.00. The van der Waals surface area contributed by atoms with Gasteiger partial charge in [-0.3, -0.25) is 0 Å². The molecule has 144 valence electrons. The van der Waals surface area contributed by atoms with Crippen LogP contribution in [-0.2, 0) is 0 Å². The molecule has 0 spiro atoms. The monoisotopic (exact) mass is 385 g/mol. The average Bonchev–Trinajstić information content (AvgIpc) is 2.74. The third-order valence-corrected chi connectivity index (χ3v) is 4.46. The Morgan fingerprint density at radius 3 is 1.90 bits per heavy atom. The normalized spacial score (nSPS) is 10.1. The van der Waals surface area contributed by atoms with E-state index in [-0.39, 0.29) is 16.7 Å². The van der Waals surface area contributed by atoms with E-state index in [4.69, 9.17) is 10.2 Å². The molecular weight excluding hydrogens is 366 g/mol. The van der Waals surface area contributed by atoms with Crippen LogP contribution < -0.4 is 0 Å². The zero-order valence-corrected chi connectivity index (χ0v) is 15.7. The number of benzene rings is 3. The number of hydrogen-bond acceptors (Lipinski definition) is 3. The first-order chi connectivity index (χ1) is 14.0. The highest BCUT2D eigenvalue weighted by molar-refractivity contribution is 5.96. The van der Waals surface area contributed by atoms with Gasteiger partial charge in [0.05, 0.1) is 22.3 Å². The molecule has 29 heavy (non-hydrogen) atoms. The Morgan fingerprint density at radius 1 is 0.690 bits per heavy atom. The molecular formula is C24H19NO4. The SMILES string of the molecule is Cc1c(C(=O)O)cccc1C(=O)O.c1ccc(-c2ccc3ccccc3n2)cc1. The van der Waals surface area contributed by atoms with Gasteiger partial charge in [0.1, 0.15) is 0 Å². The minimum absolute atomic E-state index is 0.0277. The summed E-state index contributed by atoms with van der Waals surface area (Å²) in [7, 11) is 0. The number of aromatic nitrogens is 1.